The van der Waals surface area contributed by atoms with E-state index in [2.05, 4.69) is 31.1 Å². The number of pyridine rings is 1. The molecule has 1 N–H and O–H groups in total. The first kappa shape index (κ1) is 22.8. The number of urea groups is 1. The van der Waals surface area contributed by atoms with Gasteiger partial charge < -0.3 is 19.9 Å². The molecule has 2 aromatic carbocycles. The minimum Gasteiger partial charge on any atom is -0.467 e. The maximum Gasteiger partial charge on any atom is 0.325 e. The van der Waals surface area contributed by atoms with E-state index in [4.69, 9.17) is 4.74 Å². The third kappa shape index (κ3) is 3.97. The average molecular weight is 548 g/mol. The summed E-state index contributed by atoms with van der Waals surface area (Å²) in [6.07, 6.45) is 2.38. The van der Waals surface area contributed by atoms with Gasteiger partial charge in [0.2, 0.25) is 0 Å². The molecule has 2 unspecified atom stereocenters. The fourth-order valence-corrected chi connectivity index (χ4v) is 5.76. The summed E-state index contributed by atoms with van der Waals surface area (Å²) >= 11 is 3.51. The van der Waals surface area contributed by atoms with Gasteiger partial charge in [0.25, 0.3) is 5.91 Å². The number of hydrogen-bond donors (Lipinski definition) is 1. The van der Waals surface area contributed by atoms with E-state index in [-0.39, 0.29) is 18.0 Å². The lowest BCUT2D eigenvalue weighted by Crippen LogP contribution is -2.65. The first-order chi connectivity index (χ1) is 17.4. The Morgan fingerprint density at radius 1 is 1.08 bits per heavy atom. The molecule has 0 saturated carbocycles. The summed E-state index contributed by atoms with van der Waals surface area (Å²) in [6, 6.07) is 18.6. The zero-order valence-corrected chi connectivity index (χ0v) is 21.4. The standard InChI is InChI=1S/C27H26BrN5O3/c1-27-17-22(21-16-19(28)8-9-23(21)36-27)30-26(35)33(27)20-6-4-5-18(15-20)25(34)32-13-11-31(12-14-32)24-7-2-3-10-29-24/h2-10,15-16,22H,11-14,17H2,1H3,(H,30,35). The number of ether oxygens (including phenoxy) is 1. The molecular weight excluding hydrogens is 522 g/mol. The first-order valence-corrected chi connectivity index (χ1v) is 12.9. The van der Waals surface area contributed by atoms with E-state index in [9.17, 15) is 9.59 Å². The summed E-state index contributed by atoms with van der Waals surface area (Å²) in [7, 11) is 0. The summed E-state index contributed by atoms with van der Waals surface area (Å²) in [5.41, 5.74) is 1.28. The second-order valence-electron chi connectivity index (χ2n) is 9.52. The zero-order valence-electron chi connectivity index (χ0n) is 19.9. The third-order valence-corrected chi connectivity index (χ3v) is 7.62. The number of benzene rings is 2. The number of halogens is 1. The van der Waals surface area contributed by atoms with Crippen LogP contribution in [0.15, 0.2) is 71.3 Å². The average Bonchev–Trinajstić information content (AvgIpc) is 2.89. The van der Waals surface area contributed by atoms with E-state index in [1.807, 2.05) is 60.4 Å². The van der Waals surface area contributed by atoms with Crippen molar-refractivity contribution in [3.05, 3.63) is 82.5 Å². The topological polar surface area (TPSA) is 78.0 Å². The van der Waals surface area contributed by atoms with Gasteiger partial charge in [0, 0.05) is 54.4 Å². The van der Waals surface area contributed by atoms with E-state index in [0.717, 1.165) is 34.7 Å². The number of fused-ring (bicyclic) bond motifs is 4. The van der Waals surface area contributed by atoms with Crippen molar-refractivity contribution in [1.82, 2.24) is 15.2 Å². The van der Waals surface area contributed by atoms with Crippen molar-refractivity contribution in [1.29, 1.82) is 0 Å². The molecule has 8 nitrogen and oxygen atoms in total. The first-order valence-electron chi connectivity index (χ1n) is 12.1. The summed E-state index contributed by atoms with van der Waals surface area (Å²) in [5.74, 6) is 1.63. The zero-order chi connectivity index (χ0) is 24.9. The monoisotopic (exact) mass is 547 g/mol. The molecule has 4 heterocycles. The lowest BCUT2D eigenvalue weighted by atomic mass is 9.90. The van der Waals surface area contributed by atoms with Gasteiger partial charge in [0.05, 0.1) is 11.7 Å². The maximum atomic E-state index is 13.4. The van der Waals surface area contributed by atoms with E-state index in [1.54, 1.807) is 23.2 Å². The van der Waals surface area contributed by atoms with Gasteiger partial charge in [-0.15, -0.1) is 0 Å². The predicted octanol–water partition coefficient (Wildman–Crippen LogP) is 4.58. The highest BCUT2D eigenvalue weighted by atomic mass is 79.9. The molecule has 3 aromatic rings. The molecule has 3 amide bonds. The number of piperazine rings is 1. The third-order valence-electron chi connectivity index (χ3n) is 7.13. The lowest BCUT2D eigenvalue weighted by Gasteiger charge is -2.50. The summed E-state index contributed by atoms with van der Waals surface area (Å²) in [6.45, 7) is 4.59. The van der Waals surface area contributed by atoms with Gasteiger partial charge in [0.1, 0.15) is 11.6 Å². The molecule has 2 atom stereocenters. The van der Waals surface area contributed by atoms with Crippen molar-refractivity contribution < 1.29 is 14.3 Å². The molecule has 184 valence electrons. The van der Waals surface area contributed by atoms with Crippen molar-refractivity contribution in [2.75, 3.05) is 36.0 Å². The van der Waals surface area contributed by atoms with Crippen LogP contribution in [-0.2, 0) is 0 Å². The van der Waals surface area contributed by atoms with Crippen LogP contribution in [0.25, 0.3) is 0 Å². The van der Waals surface area contributed by atoms with Crippen LogP contribution in [-0.4, -0.2) is 53.7 Å². The molecule has 3 aliphatic rings. The fourth-order valence-electron chi connectivity index (χ4n) is 5.38. The second-order valence-corrected chi connectivity index (χ2v) is 10.4. The van der Waals surface area contributed by atoms with Crippen LogP contribution in [0.3, 0.4) is 0 Å². The van der Waals surface area contributed by atoms with Crippen molar-refractivity contribution in [2.45, 2.75) is 25.1 Å². The highest BCUT2D eigenvalue weighted by molar-refractivity contribution is 9.10. The van der Waals surface area contributed by atoms with E-state index < -0.39 is 5.72 Å². The van der Waals surface area contributed by atoms with Gasteiger partial charge in [-0.2, -0.15) is 0 Å². The maximum absolute atomic E-state index is 13.4. The predicted molar refractivity (Wildman–Crippen MR) is 140 cm³/mol. The lowest BCUT2D eigenvalue weighted by molar-refractivity contribution is 0.0377. The normalized spacial score (nSPS) is 23.0. The van der Waals surface area contributed by atoms with Gasteiger partial charge in [-0.05, 0) is 55.5 Å². The minimum absolute atomic E-state index is 0.0438. The molecule has 36 heavy (non-hydrogen) atoms. The highest BCUT2D eigenvalue weighted by Gasteiger charge is 2.50. The van der Waals surface area contributed by atoms with Crippen molar-refractivity contribution in [2.24, 2.45) is 0 Å². The number of aromatic nitrogens is 1. The Labute approximate surface area is 218 Å². The Morgan fingerprint density at radius 2 is 1.92 bits per heavy atom. The number of anilines is 2. The van der Waals surface area contributed by atoms with Gasteiger partial charge in [-0.25, -0.2) is 9.78 Å². The number of nitrogens with zero attached hydrogens (tertiary/aromatic N) is 4. The smallest absolute Gasteiger partial charge is 0.325 e. The fraction of sp³-hybridized carbons (Fsp3) is 0.296. The van der Waals surface area contributed by atoms with Gasteiger partial charge >= 0.3 is 6.03 Å². The van der Waals surface area contributed by atoms with Crippen LogP contribution in [0.4, 0.5) is 16.3 Å². The number of carbonyl (C=O) groups is 2. The molecule has 3 aliphatic heterocycles. The number of carbonyl (C=O) groups excluding carboxylic acids is 2. The molecule has 6 rings (SSSR count). The number of amides is 3. The number of rotatable bonds is 3. The van der Waals surface area contributed by atoms with Gasteiger partial charge in [-0.3, -0.25) is 9.69 Å². The quantitative estimate of drug-likeness (QED) is 0.519. The molecule has 2 bridgehead atoms. The second kappa shape index (κ2) is 8.81. The van der Waals surface area contributed by atoms with Crippen molar-refractivity contribution in [3.63, 3.8) is 0 Å². The minimum atomic E-state index is -0.871. The Hall–Kier alpha value is -3.59. The summed E-state index contributed by atoms with van der Waals surface area (Å²) in [4.78, 5) is 36.8. The molecule has 2 fully saturated rings. The van der Waals surface area contributed by atoms with Crippen molar-refractivity contribution >= 4 is 39.4 Å². The highest BCUT2D eigenvalue weighted by Crippen LogP contribution is 2.46. The number of hydrogen-bond acceptors (Lipinski definition) is 5. The largest absolute Gasteiger partial charge is 0.467 e. The molecule has 0 spiro atoms. The number of nitrogens with one attached hydrogen (secondary N) is 1. The Kier molecular flexibility index (Phi) is 5.59. The summed E-state index contributed by atoms with van der Waals surface area (Å²) < 4.78 is 7.33. The van der Waals surface area contributed by atoms with Gasteiger partial charge in [0.15, 0.2) is 5.72 Å². The SMILES string of the molecule is CC12CC(NC(=O)N1c1cccc(C(=O)N3CCN(c4ccccn4)CC3)c1)c1cc(Br)ccc1O2. The summed E-state index contributed by atoms with van der Waals surface area (Å²) in [5, 5.41) is 3.12. The Balaban J connectivity index is 1.22. The van der Waals surface area contributed by atoms with Crippen LogP contribution in [0.5, 0.6) is 5.75 Å². The van der Waals surface area contributed by atoms with Gasteiger partial charge in [-0.1, -0.05) is 28.1 Å². The molecular formula is C27H26BrN5O3. The van der Waals surface area contributed by atoms with Crippen molar-refractivity contribution in [3.8, 4) is 5.75 Å². The Morgan fingerprint density at radius 3 is 2.69 bits per heavy atom. The Bertz CT molecular complexity index is 1330. The van der Waals surface area contributed by atoms with Crippen LogP contribution >= 0.6 is 15.9 Å². The van der Waals surface area contributed by atoms with E-state index in [0.29, 0.717) is 30.8 Å². The van der Waals surface area contributed by atoms with Crippen LogP contribution in [0, 0.1) is 0 Å². The van der Waals surface area contributed by atoms with E-state index in [1.165, 1.54) is 0 Å². The molecule has 0 aliphatic carbocycles. The van der Waals surface area contributed by atoms with Crippen LogP contribution < -0.4 is 19.9 Å². The molecule has 1 aromatic heterocycles. The molecule has 9 heteroatoms. The molecule has 0 radical (unpaired) electrons. The van der Waals surface area contributed by atoms with Crippen LogP contribution in [0.1, 0.15) is 35.3 Å². The van der Waals surface area contributed by atoms with Crippen LogP contribution in [0.2, 0.25) is 0 Å². The van der Waals surface area contributed by atoms with E-state index >= 15 is 0 Å². The molecule has 2 saturated heterocycles.